The average Bonchev–Trinajstić information content (AvgIpc) is 2.93. The van der Waals surface area contributed by atoms with E-state index in [1.165, 1.54) is 6.07 Å². The Labute approximate surface area is 220 Å². The Hall–Kier alpha value is -3.53. The van der Waals surface area contributed by atoms with Gasteiger partial charge in [0, 0.05) is 48.0 Å². The summed E-state index contributed by atoms with van der Waals surface area (Å²) in [6.45, 7) is 3.59. The maximum Gasteiger partial charge on any atom is 0.229 e. The van der Waals surface area contributed by atoms with Crippen molar-refractivity contribution in [3.8, 4) is 0 Å². The Kier molecular flexibility index (Phi) is 7.93. The molecule has 1 fully saturated rings. The number of halogens is 1. The summed E-state index contributed by atoms with van der Waals surface area (Å²) in [4.78, 5) is 14.0. The van der Waals surface area contributed by atoms with Crippen molar-refractivity contribution in [3.63, 3.8) is 0 Å². The van der Waals surface area contributed by atoms with Crippen molar-refractivity contribution >= 4 is 35.1 Å². The van der Waals surface area contributed by atoms with E-state index in [4.69, 9.17) is 0 Å². The first-order valence-electron chi connectivity index (χ1n) is 12.3. The average molecular weight is 517 g/mol. The van der Waals surface area contributed by atoms with Crippen molar-refractivity contribution in [3.05, 3.63) is 96.2 Å². The normalized spacial score (nSPS) is 15.3. The first-order valence-corrected chi connectivity index (χ1v) is 13.0. The van der Waals surface area contributed by atoms with Crippen LogP contribution in [0.15, 0.2) is 84.1 Å². The van der Waals surface area contributed by atoms with Gasteiger partial charge in [0.15, 0.2) is 0 Å². The van der Waals surface area contributed by atoms with Crippen molar-refractivity contribution in [2.24, 2.45) is 5.92 Å². The van der Waals surface area contributed by atoms with Crippen LogP contribution in [0.1, 0.15) is 30.1 Å². The standard InChI is InChI=1S/C28H29FN6OS/c1-19-18-23(4-7-25(19)29)32-26-10-15-31-28(34-26)33-22-2-5-24(6-3-22)37-35-16-11-21(12-17-35)27(36)20-8-13-30-14-9-20/h2-10,13-15,18,21,27,36H,11-12,16-17H2,1H3,(H2,31,32,33,34). The van der Waals surface area contributed by atoms with Crippen molar-refractivity contribution in [1.29, 1.82) is 0 Å². The zero-order valence-corrected chi connectivity index (χ0v) is 21.3. The molecule has 3 N–H and O–H groups in total. The molecule has 3 heterocycles. The van der Waals surface area contributed by atoms with E-state index in [1.54, 1.807) is 55.7 Å². The molecule has 4 aromatic rings. The molecule has 0 radical (unpaired) electrons. The van der Waals surface area contributed by atoms with E-state index in [0.717, 1.165) is 47.8 Å². The molecule has 9 heteroatoms. The molecule has 7 nitrogen and oxygen atoms in total. The molecule has 1 saturated heterocycles. The van der Waals surface area contributed by atoms with Crippen LogP contribution in [-0.4, -0.2) is 37.5 Å². The maximum absolute atomic E-state index is 13.5. The summed E-state index contributed by atoms with van der Waals surface area (Å²) >= 11 is 1.74. The van der Waals surface area contributed by atoms with E-state index in [1.807, 2.05) is 24.3 Å². The molecule has 0 bridgehead atoms. The number of nitrogens with zero attached hydrogens (tertiary/aromatic N) is 4. The number of aromatic nitrogens is 3. The summed E-state index contributed by atoms with van der Waals surface area (Å²) in [5, 5.41) is 17.1. The summed E-state index contributed by atoms with van der Waals surface area (Å²) in [5.41, 5.74) is 3.17. The molecule has 0 saturated carbocycles. The number of aliphatic hydroxyl groups is 1. The predicted molar refractivity (Wildman–Crippen MR) is 146 cm³/mol. The van der Waals surface area contributed by atoms with Crippen molar-refractivity contribution in [2.45, 2.75) is 30.8 Å². The molecule has 0 spiro atoms. The minimum absolute atomic E-state index is 0.235. The lowest BCUT2D eigenvalue weighted by Crippen LogP contribution is -2.31. The lowest BCUT2D eigenvalue weighted by molar-refractivity contribution is 0.0777. The zero-order chi connectivity index (χ0) is 25.6. The highest BCUT2D eigenvalue weighted by Gasteiger charge is 2.26. The predicted octanol–water partition coefficient (Wildman–Crippen LogP) is 6.26. The second-order valence-corrected chi connectivity index (χ2v) is 10.3. The van der Waals surface area contributed by atoms with Crippen molar-refractivity contribution in [2.75, 3.05) is 23.7 Å². The van der Waals surface area contributed by atoms with E-state index in [-0.39, 0.29) is 11.7 Å². The molecular weight excluding hydrogens is 487 g/mol. The molecule has 0 amide bonds. The highest BCUT2D eigenvalue weighted by Crippen LogP contribution is 2.34. The number of anilines is 4. The summed E-state index contributed by atoms with van der Waals surface area (Å²) in [6.07, 6.45) is 6.61. The topological polar surface area (TPSA) is 86.2 Å². The van der Waals surface area contributed by atoms with Gasteiger partial charge in [-0.05, 0) is 109 Å². The van der Waals surface area contributed by atoms with Crippen LogP contribution in [0.25, 0.3) is 0 Å². The third kappa shape index (κ3) is 6.62. The molecular formula is C28H29FN6OS. The van der Waals surface area contributed by atoms with E-state index >= 15 is 0 Å². The number of rotatable bonds is 8. The monoisotopic (exact) mass is 516 g/mol. The number of nitrogens with one attached hydrogen (secondary N) is 2. The van der Waals surface area contributed by atoms with Crippen LogP contribution in [-0.2, 0) is 0 Å². The van der Waals surface area contributed by atoms with Gasteiger partial charge in [0.2, 0.25) is 5.95 Å². The summed E-state index contributed by atoms with van der Waals surface area (Å²) in [5.74, 6) is 1.12. The largest absolute Gasteiger partial charge is 0.388 e. The van der Waals surface area contributed by atoms with Crippen LogP contribution in [0.2, 0.25) is 0 Å². The fourth-order valence-corrected chi connectivity index (χ4v) is 5.30. The number of piperidine rings is 1. The Morgan fingerprint density at radius 1 is 0.946 bits per heavy atom. The maximum atomic E-state index is 13.5. The minimum atomic E-state index is -0.434. The zero-order valence-electron chi connectivity index (χ0n) is 20.5. The first kappa shape index (κ1) is 25.1. The summed E-state index contributed by atoms with van der Waals surface area (Å²) in [6, 6.07) is 18.6. The van der Waals surface area contributed by atoms with Gasteiger partial charge in [0.05, 0.1) is 6.10 Å². The Morgan fingerprint density at radius 3 is 2.41 bits per heavy atom. The van der Waals surface area contributed by atoms with Gasteiger partial charge in [-0.1, -0.05) is 0 Å². The van der Waals surface area contributed by atoms with Crippen molar-refractivity contribution < 1.29 is 9.50 Å². The van der Waals surface area contributed by atoms with Gasteiger partial charge in [-0.3, -0.25) is 4.98 Å². The molecule has 1 unspecified atom stereocenters. The number of pyridine rings is 1. The second-order valence-electron chi connectivity index (χ2n) is 9.09. The molecule has 2 aromatic heterocycles. The molecule has 1 atom stereocenters. The van der Waals surface area contributed by atoms with Gasteiger partial charge in [-0.15, -0.1) is 0 Å². The van der Waals surface area contributed by atoms with E-state index < -0.39 is 6.10 Å². The SMILES string of the molecule is Cc1cc(Nc2ccnc(Nc3ccc(SN4CCC(C(O)c5ccncc5)CC4)cc3)n2)ccc1F. The minimum Gasteiger partial charge on any atom is -0.388 e. The Bertz CT molecular complexity index is 1320. The fraction of sp³-hybridized carbons (Fsp3) is 0.250. The number of benzene rings is 2. The van der Waals surface area contributed by atoms with Gasteiger partial charge in [-0.25, -0.2) is 13.7 Å². The molecule has 37 heavy (non-hydrogen) atoms. The van der Waals surface area contributed by atoms with Crippen molar-refractivity contribution in [1.82, 2.24) is 19.3 Å². The third-order valence-corrected chi connectivity index (χ3v) is 7.53. The first-order chi connectivity index (χ1) is 18.0. The van der Waals surface area contributed by atoms with Gasteiger partial charge in [-0.2, -0.15) is 4.98 Å². The van der Waals surface area contributed by atoms with Crippen LogP contribution < -0.4 is 10.6 Å². The van der Waals surface area contributed by atoms with E-state index in [2.05, 4.69) is 42.0 Å². The quantitative estimate of drug-likeness (QED) is 0.237. The molecule has 1 aliphatic heterocycles. The van der Waals surface area contributed by atoms with E-state index in [9.17, 15) is 9.50 Å². The summed E-state index contributed by atoms with van der Waals surface area (Å²) in [7, 11) is 0. The molecule has 0 aliphatic carbocycles. The number of aryl methyl sites for hydroxylation is 1. The van der Waals surface area contributed by atoms with Crippen LogP contribution in [0.3, 0.4) is 0 Å². The van der Waals surface area contributed by atoms with Gasteiger partial charge >= 0.3 is 0 Å². The Balaban J connectivity index is 1.13. The van der Waals surface area contributed by atoms with Crippen LogP contribution in [0.4, 0.5) is 27.5 Å². The molecule has 5 rings (SSSR count). The number of hydrogen-bond acceptors (Lipinski definition) is 8. The van der Waals surface area contributed by atoms with Gasteiger partial charge in [0.1, 0.15) is 11.6 Å². The van der Waals surface area contributed by atoms with Crippen LogP contribution in [0.5, 0.6) is 0 Å². The molecule has 1 aliphatic rings. The third-order valence-electron chi connectivity index (χ3n) is 6.42. The molecule has 2 aromatic carbocycles. The van der Waals surface area contributed by atoms with E-state index in [0.29, 0.717) is 17.3 Å². The highest BCUT2D eigenvalue weighted by molar-refractivity contribution is 7.97. The number of aliphatic hydroxyl groups excluding tert-OH is 1. The van der Waals surface area contributed by atoms with Crippen LogP contribution in [0, 0.1) is 18.7 Å². The molecule has 190 valence electrons. The second kappa shape index (κ2) is 11.7. The Morgan fingerprint density at radius 2 is 1.68 bits per heavy atom. The lowest BCUT2D eigenvalue weighted by Gasteiger charge is -2.33. The van der Waals surface area contributed by atoms with Crippen LogP contribution >= 0.6 is 11.9 Å². The van der Waals surface area contributed by atoms with Gasteiger partial charge in [0.25, 0.3) is 0 Å². The summed E-state index contributed by atoms with van der Waals surface area (Å²) < 4.78 is 15.9. The lowest BCUT2D eigenvalue weighted by atomic mass is 9.88. The van der Waals surface area contributed by atoms with Gasteiger partial charge < -0.3 is 15.7 Å². The smallest absolute Gasteiger partial charge is 0.229 e. The fourth-order valence-electron chi connectivity index (χ4n) is 4.35. The highest BCUT2D eigenvalue weighted by atomic mass is 32.2. The number of hydrogen-bond donors (Lipinski definition) is 3.